The van der Waals surface area contributed by atoms with E-state index in [1.165, 1.54) is 0 Å². The van der Waals surface area contributed by atoms with E-state index in [9.17, 15) is 4.79 Å². The highest BCUT2D eigenvalue weighted by Crippen LogP contribution is 2.25. The van der Waals surface area contributed by atoms with E-state index in [2.05, 4.69) is 22.2 Å². The van der Waals surface area contributed by atoms with Gasteiger partial charge in [0.1, 0.15) is 5.69 Å². The van der Waals surface area contributed by atoms with Crippen LogP contribution in [-0.4, -0.2) is 29.6 Å². The molecule has 1 unspecified atom stereocenters. The SMILES string of the molecule is CCC1CNc2nc(N)[nH]c(=O)c2N1C. The average Bonchev–Trinajstić information content (AvgIpc) is 2.17. The van der Waals surface area contributed by atoms with Gasteiger partial charge in [0.15, 0.2) is 5.82 Å². The first-order valence-corrected chi connectivity index (χ1v) is 5.00. The van der Waals surface area contributed by atoms with Crippen LogP contribution in [0.25, 0.3) is 0 Å². The zero-order valence-corrected chi connectivity index (χ0v) is 8.87. The minimum Gasteiger partial charge on any atom is -0.369 e. The molecule has 82 valence electrons. The van der Waals surface area contributed by atoms with Crippen LogP contribution in [0.1, 0.15) is 13.3 Å². The van der Waals surface area contributed by atoms with E-state index in [-0.39, 0.29) is 11.5 Å². The summed E-state index contributed by atoms with van der Waals surface area (Å²) in [7, 11) is 1.90. The van der Waals surface area contributed by atoms with Gasteiger partial charge in [0.25, 0.3) is 5.56 Å². The molecule has 15 heavy (non-hydrogen) atoms. The molecule has 2 rings (SSSR count). The summed E-state index contributed by atoms with van der Waals surface area (Å²) >= 11 is 0. The fraction of sp³-hybridized carbons (Fsp3) is 0.556. The van der Waals surface area contributed by atoms with Crippen molar-refractivity contribution in [2.24, 2.45) is 0 Å². The molecule has 1 aliphatic rings. The van der Waals surface area contributed by atoms with Crippen LogP contribution >= 0.6 is 0 Å². The predicted molar refractivity (Wildman–Crippen MR) is 60.2 cm³/mol. The van der Waals surface area contributed by atoms with E-state index < -0.39 is 0 Å². The molecule has 2 heterocycles. The van der Waals surface area contributed by atoms with Gasteiger partial charge >= 0.3 is 0 Å². The third kappa shape index (κ3) is 1.51. The van der Waals surface area contributed by atoms with Gasteiger partial charge in [0, 0.05) is 19.6 Å². The maximum Gasteiger partial charge on any atom is 0.278 e. The van der Waals surface area contributed by atoms with Crippen LogP contribution in [0.4, 0.5) is 17.5 Å². The first kappa shape index (κ1) is 9.82. The predicted octanol–water partition coefficient (Wildman–Crippen LogP) is -0.00760. The van der Waals surface area contributed by atoms with Gasteiger partial charge < -0.3 is 16.0 Å². The van der Waals surface area contributed by atoms with Crippen molar-refractivity contribution in [1.82, 2.24) is 9.97 Å². The molecule has 0 amide bonds. The van der Waals surface area contributed by atoms with Crippen molar-refractivity contribution in [1.29, 1.82) is 0 Å². The van der Waals surface area contributed by atoms with Crippen molar-refractivity contribution >= 4 is 17.5 Å². The number of anilines is 3. The number of nitrogens with zero attached hydrogens (tertiary/aromatic N) is 2. The van der Waals surface area contributed by atoms with E-state index in [0.29, 0.717) is 17.5 Å². The van der Waals surface area contributed by atoms with Crippen molar-refractivity contribution in [3.63, 3.8) is 0 Å². The Hall–Kier alpha value is -1.72. The van der Waals surface area contributed by atoms with Crippen molar-refractivity contribution in [3.05, 3.63) is 10.4 Å². The molecule has 6 heteroatoms. The van der Waals surface area contributed by atoms with E-state index in [1.807, 2.05) is 11.9 Å². The molecule has 4 N–H and O–H groups in total. The number of rotatable bonds is 1. The Morgan fingerprint density at radius 1 is 1.67 bits per heavy atom. The van der Waals surface area contributed by atoms with Gasteiger partial charge in [-0.2, -0.15) is 4.98 Å². The largest absolute Gasteiger partial charge is 0.369 e. The lowest BCUT2D eigenvalue weighted by Gasteiger charge is -2.34. The molecule has 0 saturated heterocycles. The number of hydrogen-bond acceptors (Lipinski definition) is 5. The Morgan fingerprint density at radius 3 is 3.07 bits per heavy atom. The maximum absolute atomic E-state index is 11.7. The molecule has 0 spiro atoms. The van der Waals surface area contributed by atoms with E-state index >= 15 is 0 Å². The second-order valence-electron chi connectivity index (χ2n) is 3.70. The highest BCUT2D eigenvalue weighted by Gasteiger charge is 2.25. The summed E-state index contributed by atoms with van der Waals surface area (Å²) in [5.41, 5.74) is 5.85. The summed E-state index contributed by atoms with van der Waals surface area (Å²) in [6.07, 6.45) is 0.979. The Labute approximate surface area is 87.5 Å². The molecule has 6 nitrogen and oxygen atoms in total. The van der Waals surface area contributed by atoms with Gasteiger partial charge in [-0.3, -0.25) is 9.78 Å². The molecule has 0 radical (unpaired) electrons. The summed E-state index contributed by atoms with van der Waals surface area (Å²) in [5.74, 6) is 0.720. The van der Waals surface area contributed by atoms with Crippen LogP contribution in [0, 0.1) is 0 Å². The molecule has 0 saturated carbocycles. The van der Waals surface area contributed by atoms with Crippen molar-refractivity contribution in [3.8, 4) is 0 Å². The standard InChI is InChI=1S/C9H15N5O/c1-3-5-4-11-7-6(14(5)2)8(15)13-9(10)12-7/h5H,3-4H2,1-2H3,(H4,10,11,12,13,15). The van der Waals surface area contributed by atoms with Crippen molar-refractivity contribution in [2.75, 3.05) is 29.5 Å². The molecular weight excluding hydrogens is 194 g/mol. The number of fused-ring (bicyclic) bond motifs is 1. The lowest BCUT2D eigenvalue weighted by molar-refractivity contribution is 0.616. The van der Waals surface area contributed by atoms with Crippen LogP contribution in [0.3, 0.4) is 0 Å². The molecule has 0 fully saturated rings. The van der Waals surface area contributed by atoms with Gasteiger partial charge in [-0.05, 0) is 6.42 Å². The van der Waals surface area contributed by atoms with Gasteiger partial charge in [-0.25, -0.2) is 0 Å². The van der Waals surface area contributed by atoms with Crippen LogP contribution in [0.5, 0.6) is 0 Å². The summed E-state index contributed by atoms with van der Waals surface area (Å²) in [6.45, 7) is 2.88. The Bertz CT molecular complexity index is 427. The number of H-pyrrole nitrogens is 1. The number of nitrogen functional groups attached to an aromatic ring is 1. The Morgan fingerprint density at radius 2 is 2.40 bits per heavy atom. The molecule has 1 aromatic rings. The number of aromatic amines is 1. The number of likely N-dealkylation sites (N-methyl/N-ethyl adjacent to an activating group) is 1. The summed E-state index contributed by atoms with van der Waals surface area (Å²) in [5, 5.41) is 3.12. The fourth-order valence-corrected chi connectivity index (χ4v) is 1.89. The molecule has 1 aromatic heterocycles. The van der Waals surface area contributed by atoms with Gasteiger partial charge in [-0.1, -0.05) is 6.92 Å². The normalized spacial score (nSPS) is 19.6. The number of hydrogen-bond donors (Lipinski definition) is 3. The van der Waals surface area contributed by atoms with Crippen LogP contribution < -0.4 is 21.5 Å². The maximum atomic E-state index is 11.7. The minimum absolute atomic E-state index is 0.148. The lowest BCUT2D eigenvalue weighted by atomic mass is 10.1. The smallest absolute Gasteiger partial charge is 0.278 e. The molecule has 0 aliphatic carbocycles. The molecule has 0 bridgehead atoms. The zero-order chi connectivity index (χ0) is 11.0. The molecule has 0 aromatic carbocycles. The van der Waals surface area contributed by atoms with Crippen LogP contribution in [0.2, 0.25) is 0 Å². The van der Waals surface area contributed by atoms with E-state index in [4.69, 9.17) is 5.73 Å². The van der Waals surface area contributed by atoms with Gasteiger partial charge in [-0.15, -0.1) is 0 Å². The number of nitrogens with one attached hydrogen (secondary N) is 2. The third-order valence-electron chi connectivity index (χ3n) is 2.79. The first-order valence-electron chi connectivity index (χ1n) is 5.00. The number of aromatic nitrogens is 2. The lowest BCUT2D eigenvalue weighted by Crippen LogP contribution is -2.44. The Balaban J connectivity index is 2.52. The molecule has 1 atom stereocenters. The summed E-state index contributed by atoms with van der Waals surface area (Å²) in [6, 6.07) is 0.323. The molecular formula is C9H15N5O. The van der Waals surface area contributed by atoms with Gasteiger partial charge in [0.2, 0.25) is 5.95 Å². The van der Waals surface area contributed by atoms with Gasteiger partial charge in [0.05, 0.1) is 0 Å². The summed E-state index contributed by atoms with van der Waals surface area (Å²) < 4.78 is 0. The highest BCUT2D eigenvalue weighted by molar-refractivity contribution is 5.68. The Kier molecular flexibility index (Phi) is 2.26. The first-order chi connectivity index (χ1) is 7.13. The quantitative estimate of drug-likeness (QED) is 0.605. The second-order valence-corrected chi connectivity index (χ2v) is 3.70. The number of nitrogens with two attached hydrogens (primary N) is 1. The highest BCUT2D eigenvalue weighted by atomic mass is 16.1. The monoisotopic (exact) mass is 209 g/mol. The second kappa shape index (κ2) is 3.45. The van der Waals surface area contributed by atoms with Crippen LogP contribution in [-0.2, 0) is 0 Å². The minimum atomic E-state index is -0.189. The fourth-order valence-electron chi connectivity index (χ4n) is 1.89. The van der Waals surface area contributed by atoms with Crippen LogP contribution in [0.15, 0.2) is 4.79 Å². The van der Waals surface area contributed by atoms with E-state index in [1.54, 1.807) is 0 Å². The molecule has 1 aliphatic heterocycles. The summed E-state index contributed by atoms with van der Waals surface area (Å²) in [4.78, 5) is 20.2. The third-order valence-corrected chi connectivity index (χ3v) is 2.79. The topological polar surface area (TPSA) is 87.0 Å². The zero-order valence-electron chi connectivity index (χ0n) is 8.87. The van der Waals surface area contributed by atoms with Crippen molar-refractivity contribution in [2.45, 2.75) is 19.4 Å². The van der Waals surface area contributed by atoms with E-state index in [0.717, 1.165) is 13.0 Å². The van der Waals surface area contributed by atoms with Crippen molar-refractivity contribution < 1.29 is 0 Å². The average molecular weight is 209 g/mol.